The summed E-state index contributed by atoms with van der Waals surface area (Å²) >= 11 is 0. The van der Waals surface area contributed by atoms with Gasteiger partial charge in [-0.1, -0.05) is 133 Å². The van der Waals surface area contributed by atoms with E-state index in [9.17, 15) is 0 Å². The smallest absolute Gasteiger partial charge is 0.252 e. The van der Waals surface area contributed by atoms with Crippen LogP contribution in [0.3, 0.4) is 0 Å². The van der Waals surface area contributed by atoms with Crippen molar-refractivity contribution in [3.63, 3.8) is 0 Å². The van der Waals surface area contributed by atoms with Crippen molar-refractivity contribution in [3.8, 4) is 0 Å². The third kappa shape index (κ3) is 4.28. The fourth-order valence-corrected chi connectivity index (χ4v) is 11.7. The average molecular weight is 764 g/mol. The van der Waals surface area contributed by atoms with Crippen molar-refractivity contribution in [3.05, 3.63) is 94.0 Å². The van der Waals surface area contributed by atoms with Crippen LogP contribution in [0.25, 0.3) is 38.1 Å². The highest BCUT2D eigenvalue weighted by molar-refractivity contribution is 7.01. The van der Waals surface area contributed by atoms with Gasteiger partial charge >= 0.3 is 0 Å². The lowest BCUT2D eigenvalue weighted by molar-refractivity contribution is 0.330. The maximum Gasteiger partial charge on any atom is 0.252 e. The molecule has 0 fully saturated rings. The van der Waals surface area contributed by atoms with Crippen molar-refractivity contribution >= 4 is 83.9 Å². The summed E-state index contributed by atoms with van der Waals surface area (Å²) < 4.78 is 2.67. The SMILES string of the molecule is CC(C)(C)c1cc2c3c(c1)B1c4cc(C(C)(C)C)cc5c4N(c4c1c(c1c6cc(C(C)(C)C)ccc6n6c7ccc(C(C)(C)C)cc7c4c16)N3CC2)C(C)(C)C5(C)C. The third-order valence-corrected chi connectivity index (χ3v) is 15.8. The number of benzene rings is 5. The summed E-state index contributed by atoms with van der Waals surface area (Å²) in [5.41, 5.74) is 22.9. The molecule has 4 heteroatoms. The van der Waals surface area contributed by atoms with Gasteiger partial charge in [-0.05, 0) is 116 Å². The first-order valence-corrected chi connectivity index (χ1v) is 22.1. The number of aromatic nitrogens is 1. The lowest BCUT2D eigenvalue weighted by Crippen LogP contribution is -2.64. The minimum Gasteiger partial charge on any atom is -0.341 e. The molecule has 2 aromatic heterocycles. The van der Waals surface area contributed by atoms with Gasteiger partial charge < -0.3 is 14.2 Å². The molecule has 4 aliphatic rings. The zero-order valence-electron chi connectivity index (χ0n) is 38.1. The van der Waals surface area contributed by atoms with Gasteiger partial charge in [0, 0.05) is 61.8 Å². The topological polar surface area (TPSA) is 10.9 Å². The summed E-state index contributed by atoms with van der Waals surface area (Å²) in [6.45, 7) is 39.9. The van der Waals surface area contributed by atoms with E-state index in [1.807, 2.05) is 0 Å². The van der Waals surface area contributed by atoms with Gasteiger partial charge in [0.05, 0.1) is 16.6 Å². The van der Waals surface area contributed by atoms with E-state index in [1.54, 1.807) is 0 Å². The Balaban J connectivity index is 1.44. The molecule has 0 aliphatic carbocycles. The first kappa shape index (κ1) is 36.6. The fraction of sp³-hybridized carbons (Fsp3) is 0.444. The maximum atomic E-state index is 2.88. The highest BCUT2D eigenvalue weighted by Crippen LogP contribution is 2.61. The Hall–Kier alpha value is -4.44. The normalized spacial score (nSPS) is 18.0. The number of hydrogen-bond donors (Lipinski definition) is 0. The first-order valence-electron chi connectivity index (χ1n) is 22.1. The molecule has 3 nitrogen and oxygen atoms in total. The standard InChI is InChI=1S/C54H62BN3/c1-49(2,3)30-17-19-39-34(24-30)41-46-42(35-25-31(50(4,5)6)18-20-40(35)57(39)46)48-43-47(41)56-22-21-29-23-32(51(7,8)9)27-37(44(29)56)55(43)38-28-33(52(10,11)12)26-36-45(38)58(48)54(15,16)53(36,13)14/h17-20,23-28H,21-22H2,1-16H3. The van der Waals surface area contributed by atoms with Crippen LogP contribution in [0, 0.1) is 0 Å². The average Bonchev–Trinajstić information content (AvgIpc) is 3.83. The second kappa shape index (κ2) is 10.5. The van der Waals surface area contributed by atoms with Crippen molar-refractivity contribution in [2.24, 2.45) is 0 Å². The first-order chi connectivity index (χ1) is 26.8. The van der Waals surface area contributed by atoms with Crippen LogP contribution < -0.4 is 26.2 Å². The van der Waals surface area contributed by atoms with Gasteiger partial charge in [-0.2, -0.15) is 0 Å². The molecule has 7 aromatic rings. The van der Waals surface area contributed by atoms with Crippen molar-refractivity contribution in [1.82, 2.24) is 4.40 Å². The predicted octanol–water partition coefficient (Wildman–Crippen LogP) is 12.1. The molecule has 0 atom stereocenters. The quantitative estimate of drug-likeness (QED) is 0.143. The molecular weight excluding hydrogens is 701 g/mol. The largest absolute Gasteiger partial charge is 0.341 e. The van der Waals surface area contributed by atoms with E-state index >= 15 is 0 Å². The summed E-state index contributed by atoms with van der Waals surface area (Å²) in [6, 6.07) is 25.3. The Morgan fingerprint density at radius 1 is 0.534 bits per heavy atom. The second-order valence-corrected chi connectivity index (χ2v) is 23.9. The van der Waals surface area contributed by atoms with E-state index in [-0.39, 0.29) is 39.3 Å². The van der Waals surface area contributed by atoms with Crippen LogP contribution in [-0.4, -0.2) is 23.2 Å². The monoisotopic (exact) mass is 764 g/mol. The van der Waals surface area contributed by atoms with E-state index in [4.69, 9.17) is 0 Å². The van der Waals surface area contributed by atoms with Crippen LogP contribution >= 0.6 is 0 Å². The van der Waals surface area contributed by atoms with Gasteiger partial charge in [0.2, 0.25) is 0 Å². The summed E-state index contributed by atoms with van der Waals surface area (Å²) in [5, 5.41) is 5.66. The summed E-state index contributed by atoms with van der Waals surface area (Å²) in [7, 11) is 0. The van der Waals surface area contributed by atoms with Gasteiger partial charge in [-0.3, -0.25) is 0 Å². The predicted molar refractivity (Wildman–Crippen MR) is 253 cm³/mol. The number of hydrogen-bond acceptors (Lipinski definition) is 2. The molecule has 296 valence electrons. The Kier molecular flexibility index (Phi) is 6.61. The minimum absolute atomic E-state index is 0.00922. The molecule has 0 spiro atoms. The Morgan fingerprint density at radius 2 is 1.03 bits per heavy atom. The van der Waals surface area contributed by atoms with Crippen molar-refractivity contribution < 1.29 is 0 Å². The molecule has 0 amide bonds. The summed E-state index contributed by atoms with van der Waals surface area (Å²) in [6.07, 6.45) is 1.07. The van der Waals surface area contributed by atoms with Crippen LogP contribution in [0.4, 0.5) is 22.7 Å². The molecule has 0 saturated heterocycles. The van der Waals surface area contributed by atoms with Gasteiger partial charge in [0.25, 0.3) is 6.71 Å². The van der Waals surface area contributed by atoms with E-state index in [1.165, 1.54) is 111 Å². The van der Waals surface area contributed by atoms with Crippen LogP contribution in [0.15, 0.2) is 60.7 Å². The highest BCUT2D eigenvalue weighted by atomic mass is 15.3. The highest BCUT2D eigenvalue weighted by Gasteiger charge is 2.59. The molecule has 58 heavy (non-hydrogen) atoms. The molecular formula is C54H62BN3. The molecule has 11 rings (SSSR count). The number of fused-ring (bicyclic) bond motifs is 12. The van der Waals surface area contributed by atoms with Gasteiger partial charge in [0.1, 0.15) is 0 Å². The van der Waals surface area contributed by atoms with Crippen LogP contribution in [0.2, 0.25) is 0 Å². The molecule has 6 heterocycles. The molecule has 0 N–H and O–H groups in total. The van der Waals surface area contributed by atoms with Gasteiger partial charge in [0.15, 0.2) is 0 Å². The van der Waals surface area contributed by atoms with Gasteiger partial charge in [-0.25, -0.2) is 0 Å². The Labute approximate surface area is 347 Å². The lowest BCUT2D eigenvalue weighted by Gasteiger charge is -2.48. The Morgan fingerprint density at radius 3 is 1.57 bits per heavy atom. The van der Waals surface area contributed by atoms with Crippen LogP contribution in [-0.2, 0) is 33.5 Å². The van der Waals surface area contributed by atoms with Crippen LogP contribution in [0.5, 0.6) is 0 Å². The van der Waals surface area contributed by atoms with Crippen LogP contribution in [0.1, 0.15) is 144 Å². The number of nitrogens with zero attached hydrogens (tertiary/aromatic N) is 3. The third-order valence-electron chi connectivity index (χ3n) is 15.8. The summed E-state index contributed by atoms with van der Waals surface area (Å²) in [4.78, 5) is 5.68. The second-order valence-electron chi connectivity index (χ2n) is 23.9. The molecule has 4 aliphatic heterocycles. The molecule has 0 radical (unpaired) electrons. The molecule has 0 unspecified atom stereocenters. The van der Waals surface area contributed by atoms with E-state index in [0.717, 1.165) is 13.0 Å². The van der Waals surface area contributed by atoms with Crippen molar-refractivity contribution in [1.29, 1.82) is 0 Å². The van der Waals surface area contributed by atoms with Crippen molar-refractivity contribution in [2.45, 2.75) is 150 Å². The molecule has 0 bridgehead atoms. The fourth-order valence-electron chi connectivity index (χ4n) is 11.7. The lowest BCUT2D eigenvalue weighted by atomic mass is 9.33. The molecule has 5 aromatic carbocycles. The molecule has 0 saturated carbocycles. The van der Waals surface area contributed by atoms with Gasteiger partial charge in [-0.15, -0.1) is 0 Å². The maximum absolute atomic E-state index is 2.88. The zero-order valence-corrected chi connectivity index (χ0v) is 38.1. The van der Waals surface area contributed by atoms with E-state index < -0.39 is 0 Å². The Bertz CT molecular complexity index is 3000. The minimum atomic E-state index is -0.201. The number of rotatable bonds is 0. The summed E-state index contributed by atoms with van der Waals surface area (Å²) in [5.74, 6) is 0. The zero-order chi connectivity index (χ0) is 41.3. The van der Waals surface area contributed by atoms with E-state index in [2.05, 4.69) is 186 Å². The van der Waals surface area contributed by atoms with E-state index in [0.29, 0.717) is 0 Å². The number of anilines is 4. The van der Waals surface area contributed by atoms with Crippen molar-refractivity contribution in [2.75, 3.05) is 16.3 Å².